The van der Waals surface area contributed by atoms with Crippen molar-refractivity contribution in [3.05, 3.63) is 24.0 Å². The van der Waals surface area contributed by atoms with Crippen molar-refractivity contribution in [3.8, 4) is 5.75 Å². The minimum atomic E-state index is -0.947. The van der Waals surface area contributed by atoms with Crippen molar-refractivity contribution in [1.82, 2.24) is 10.3 Å². The Kier molecular flexibility index (Phi) is 4.15. The Labute approximate surface area is 106 Å². The van der Waals surface area contributed by atoms with Crippen LogP contribution in [-0.4, -0.2) is 28.2 Å². The molecule has 0 saturated heterocycles. The smallest absolute Gasteiger partial charge is 0.344 e. The molecule has 1 fully saturated rings. The number of nitrogens with zero attached hydrogens (tertiary/aromatic N) is 1. The summed E-state index contributed by atoms with van der Waals surface area (Å²) >= 11 is 0. The van der Waals surface area contributed by atoms with E-state index in [1.807, 2.05) is 6.07 Å². The third kappa shape index (κ3) is 3.70. The van der Waals surface area contributed by atoms with Gasteiger partial charge < -0.3 is 15.2 Å². The molecule has 98 valence electrons. The van der Waals surface area contributed by atoms with E-state index in [-0.39, 0.29) is 0 Å². The van der Waals surface area contributed by atoms with Gasteiger partial charge in [-0.2, -0.15) is 0 Å². The molecule has 1 aromatic heterocycles. The molecule has 1 aliphatic carbocycles. The molecule has 1 atom stereocenters. The number of carboxylic acid groups (broad SMARTS) is 1. The average molecular weight is 250 g/mol. The second-order valence-electron chi connectivity index (χ2n) is 4.49. The molecule has 2 rings (SSSR count). The molecule has 1 saturated carbocycles. The van der Waals surface area contributed by atoms with Crippen LogP contribution in [0.1, 0.15) is 31.9 Å². The monoisotopic (exact) mass is 250 g/mol. The second-order valence-corrected chi connectivity index (χ2v) is 4.49. The summed E-state index contributed by atoms with van der Waals surface area (Å²) in [5.41, 5.74) is 0.942. The second kappa shape index (κ2) is 5.82. The Balaban J connectivity index is 1.87. The van der Waals surface area contributed by atoms with E-state index < -0.39 is 12.1 Å². The van der Waals surface area contributed by atoms with Crippen LogP contribution >= 0.6 is 0 Å². The highest BCUT2D eigenvalue weighted by molar-refractivity contribution is 5.72. The third-order valence-electron chi connectivity index (χ3n) is 2.87. The summed E-state index contributed by atoms with van der Waals surface area (Å²) in [5, 5.41) is 12.3. The molecule has 5 nitrogen and oxygen atoms in total. The zero-order valence-corrected chi connectivity index (χ0v) is 10.4. The summed E-state index contributed by atoms with van der Waals surface area (Å²) in [6.45, 7) is 2.53. The minimum absolute atomic E-state index is 0.431. The van der Waals surface area contributed by atoms with Gasteiger partial charge in [0.25, 0.3) is 0 Å². The van der Waals surface area contributed by atoms with E-state index in [0.717, 1.165) is 12.2 Å². The first-order chi connectivity index (χ1) is 8.69. The van der Waals surface area contributed by atoms with E-state index in [2.05, 4.69) is 10.3 Å². The molecule has 0 spiro atoms. The molecule has 1 aliphatic rings. The topological polar surface area (TPSA) is 71.5 Å². The molecule has 0 bridgehead atoms. The number of hydrogen-bond donors (Lipinski definition) is 2. The van der Waals surface area contributed by atoms with E-state index in [1.165, 1.54) is 12.8 Å². The van der Waals surface area contributed by atoms with Gasteiger partial charge in [-0.05, 0) is 31.4 Å². The first-order valence-corrected chi connectivity index (χ1v) is 6.27. The van der Waals surface area contributed by atoms with Crippen molar-refractivity contribution in [2.45, 2.75) is 44.9 Å². The zero-order valence-electron chi connectivity index (χ0n) is 10.4. The van der Waals surface area contributed by atoms with Gasteiger partial charge in [-0.25, -0.2) is 4.79 Å². The van der Waals surface area contributed by atoms with Crippen molar-refractivity contribution in [2.24, 2.45) is 0 Å². The van der Waals surface area contributed by atoms with E-state index in [0.29, 0.717) is 18.2 Å². The maximum absolute atomic E-state index is 10.8. The fraction of sp³-hybridized carbons (Fsp3) is 0.538. The molecule has 18 heavy (non-hydrogen) atoms. The number of hydrogen-bond acceptors (Lipinski definition) is 4. The number of nitrogens with one attached hydrogen (secondary N) is 1. The maximum Gasteiger partial charge on any atom is 0.344 e. The summed E-state index contributed by atoms with van der Waals surface area (Å²) in [5.74, 6) is -0.448. The summed E-state index contributed by atoms with van der Waals surface area (Å²) in [6.07, 6.45) is 3.70. The summed E-state index contributed by atoms with van der Waals surface area (Å²) in [7, 11) is 0. The van der Waals surface area contributed by atoms with Gasteiger partial charge in [-0.3, -0.25) is 4.98 Å². The van der Waals surface area contributed by atoms with Crippen molar-refractivity contribution in [2.75, 3.05) is 0 Å². The standard InChI is InChI=1S/C13H18N2O3/c1-2-12(13(16)17)18-11-6-5-10(15-8-11)7-14-9-3-4-9/h5-6,8-9,12,14H,2-4,7H2,1H3,(H,16,17). The molecular weight excluding hydrogens is 232 g/mol. The molecule has 2 N–H and O–H groups in total. The summed E-state index contributed by atoms with van der Waals surface area (Å²) < 4.78 is 5.34. The molecule has 5 heteroatoms. The molecule has 1 heterocycles. The number of ether oxygens (including phenoxy) is 1. The van der Waals surface area contributed by atoms with Gasteiger partial charge in [0.15, 0.2) is 6.10 Å². The number of aromatic nitrogens is 1. The molecule has 0 radical (unpaired) electrons. The number of carboxylic acids is 1. The largest absolute Gasteiger partial charge is 0.479 e. The van der Waals surface area contributed by atoms with Gasteiger partial charge in [0.1, 0.15) is 5.75 Å². The van der Waals surface area contributed by atoms with Gasteiger partial charge in [0, 0.05) is 12.6 Å². The maximum atomic E-state index is 10.8. The van der Waals surface area contributed by atoms with E-state index in [1.54, 1.807) is 19.2 Å². The Hall–Kier alpha value is -1.62. The quantitative estimate of drug-likeness (QED) is 0.768. The van der Waals surface area contributed by atoms with Crippen LogP contribution in [0.15, 0.2) is 18.3 Å². The van der Waals surface area contributed by atoms with Crippen LogP contribution in [0, 0.1) is 0 Å². The lowest BCUT2D eigenvalue weighted by Gasteiger charge is -2.13. The van der Waals surface area contributed by atoms with Crippen LogP contribution in [0.3, 0.4) is 0 Å². The Morgan fingerprint density at radius 2 is 2.39 bits per heavy atom. The predicted octanol–water partition coefficient (Wildman–Crippen LogP) is 1.58. The Morgan fingerprint density at radius 1 is 1.61 bits per heavy atom. The highest BCUT2D eigenvalue weighted by Crippen LogP contribution is 2.19. The lowest BCUT2D eigenvalue weighted by Crippen LogP contribution is -2.26. The number of carbonyl (C=O) groups is 1. The zero-order chi connectivity index (χ0) is 13.0. The van der Waals surface area contributed by atoms with Crippen molar-refractivity contribution in [1.29, 1.82) is 0 Å². The fourth-order valence-electron chi connectivity index (χ4n) is 1.59. The lowest BCUT2D eigenvalue weighted by atomic mass is 10.3. The van der Waals surface area contributed by atoms with Crippen LogP contribution in [0.25, 0.3) is 0 Å². The number of aliphatic carboxylic acids is 1. The SMILES string of the molecule is CCC(Oc1ccc(CNC2CC2)nc1)C(=O)O. The van der Waals surface area contributed by atoms with Gasteiger partial charge in [-0.15, -0.1) is 0 Å². The third-order valence-corrected chi connectivity index (χ3v) is 2.87. The minimum Gasteiger partial charge on any atom is -0.479 e. The van der Waals surface area contributed by atoms with Crippen LogP contribution in [0.2, 0.25) is 0 Å². The predicted molar refractivity (Wildman–Crippen MR) is 66.4 cm³/mol. The molecule has 0 aliphatic heterocycles. The lowest BCUT2D eigenvalue weighted by molar-refractivity contribution is -0.145. The van der Waals surface area contributed by atoms with Crippen LogP contribution in [0.5, 0.6) is 5.75 Å². The normalized spacial score (nSPS) is 16.3. The van der Waals surface area contributed by atoms with Gasteiger partial charge >= 0.3 is 5.97 Å². The van der Waals surface area contributed by atoms with Crippen LogP contribution in [0.4, 0.5) is 0 Å². The highest BCUT2D eigenvalue weighted by Gasteiger charge is 2.20. The summed E-state index contributed by atoms with van der Waals surface area (Å²) in [6, 6.07) is 4.28. The van der Waals surface area contributed by atoms with Crippen LogP contribution in [-0.2, 0) is 11.3 Å². The highest BCUT2D eigenvalue weighted by atomic mass is 16.5. The fourth-order valence-corrected chi connectivity index (χ4v) is 1.59. The van der Waals surface area contributed by atoms with Crippen LogP contribution < -0.4 is 10.1 Å². The number of rotatable bonds is 7. The Bertz CT molecular complexity index is 401. The van der Waals surface area contributed by atoms with Gasteiger partial charge in [0.05, 0.1) is 11.9 Å². The molecule has 0 amide bonds. The molecule has 1 aromatic rings. The molecular formula is C13H18N2O3. The van der Waals surface area contributed by atoms with Crippen molar-refractivity contribution < 1.29 is 14.6 Å². The molecule has 1 unspecified atom stereocenters. The first-order valence-electron chi connectivity index (χ1n) is 6.27. The molecule has 0 aromatic carbocycles. The van der Waals surface area contributed by atoms with E-state index in [4.69, 9.17) is 9.84 Å². The van der Waals surface area contributed by atoms with Crippen molar-refractivity contribution >= 4 is 5.97 Å². The Morgan fingerprint density at radius 3 is 2.89 bits per heavy atom. The first kappa shape index (κ1) is 12.8. The summed E-state index contributed by atoms with van der Waals surface area (Å²) in [4.78, 5) is 15.1. The van der Waals surface area contributed by atoms with Gasteiger partial charge in [0.2, 0.25) is 0 Å². The average Bonchev–Trinajstić information content (AvgIpc) is 3.18. The van der Waals surface area contributed by atoms with E-state index >= 15 is 0 Å². The number of pyridine rings is 1. The van der Waals surface area contributed by atoms with Crippen molar-refractivity contribution in [3.63, 3.8) is 0 Å². The van der Waals surface area contributed by atoms with Gasteiger partial charge in [-0.1, -0.05) is 6.92 Å². The van der Waals surface area contributed by atoms with E-state index in [9.17, 15) is 4.79 Å².